The SMILES string of the molecule is O=C1C[C@@H]2CN(C(=O)c3cn(-c4ccccc4)nc3-c3ccc(Cl)cc3)CC[C@@H]2N1. The van der Waals surface area contributed by atoms with Gasteiger partial charge >= 0.3 is 0 Å². The van der Waals surface area contributed by atoms with E-state index >= 15 is 0 Å². The van der Waals surface area contributed by atoms with Gasteiger partial charge in [0.15, 0.2) is 0 Å². The number of aromatic nitrogens is 2. The first-order valence-corrected chi connectivity index (χ1v) is 10.5. The first kappa shape index (κ1) is 18.9. The van der Waals surface area contributed by atoms with Crippen molar-refractivity contribution < 1.29 is 9.59 Å². The summed E-state index contributed by atoms with van der Waals surface area (Å²) >= 11 is 6.05. The molecule has 2 fully saturated rings. The molecule has 7 heteroatoms. The average molecular weight is 421 g/mol. The number of para-hydroxylation sites is 1. The van der Waals surface area contributed by atoms with E-state index in [0.717, 1.165) is 17.7 Å². The summed E-state index contributed by atoms with van der Waals surface area (Å²) in [7, 11) is 0. The van der Waals surface area contributed by atoms with E-state index in [4.69, 9.17) is 16.7 Å². The van der Waals surface area contributed by atoms with Crippen molar-refractivity contribution in [3.8, 4) is 16.9 Å². The van der Waals surface area contributed by atoms with Crippen LogP contribution in [0.5, 0.6) is 0 Å². The van der Waals surface area contributed by atoms with Gasteiger partial charge in [-0.05, 0) is 30.7 Å². The molecule has 0 bridgehead atoms. The van der Waals surface area contributed by atoms with E-state index in [1.807, 2.05) is 47.4 Å². The molecule has 30 heavy (non-hydrogen) atoms. The number of nitrogens with one attached hydrogen (secondary N) is 1. The number of piperidine rings is 1. The Balaban J connectivity index is 1.51. The van der Waals surface area contributed by atoms with Crippen LogP contribution >= 0.6 is 11.6 Å². The van der Waals surface area contributed by atoms with Gasteiger partial charge in [-0.15, -0.1) is 0 Å². The third-order valence-corrected chi connectivity index (χ3v) is 6.15. The van der Waals surface area contributed by atoms with Crippen molar-refractivity contribution in [3.63, 3.8) is 0 Å². The number of carbonyl (C=O) groups excluding carboxylic acids is 2. The van der Waals surface area contributed by atoms with Gasteiger partial charge in [0.05, 0.1) is 11.3 Å². The first-order chi connectivity index (χ1) is 14.6. The predicted molar refractivity (Wildman–Crippen MR) is 115 cm³/mol. The minimum atomic E-state index is -0.0556. The maximum Gasteiger partial charge on any atom is 0.257 e. The lowest BCUT2D eigenvalue weighted by molar-refractivity contribution is -0.119. The maximum atomic E-state index is 13.5. The lowest BCUT2D eigenvalue weighted by Gasteiger charge is -2.34. The zero-order chi connectivity index (χ0) is 20.7. The van der Waals surface area contributed by atoms with Gasteiger partial charge in [-0.25, -0.2) is 4.68 Å². The Morgan fingerprint density at radius 1 is 1.10 bits per heavy atom. The molecule has 2 saturated heterocycles. The third kappa shape index (κ3) is 3.48. The van der Waals surface area contributed by atoms with Crippen molar-refractivity contribution in [1.82, 2.24) is 20.0 Å². The number of hydrogen-bond acceptors (Lipinski definition) is 3. The normalized spacial score (nSPS) is 20.7. The van der Waals surface area contributed by atoms with Gasteiger partial charge in [-0.1, -0.05) is 41.9 Å². The second-order valence-electron chi connectivity index (χ2n) is 7.86. The van der Waals surface area contributed by atoms with Crippen LogP contribution in [0.15, 0.2) is 60.8 Å². The number of rotatable bonds is 3. The molecule has 3 heterocycles. The quantitative estimate of drug-likeness (QED) is 0.704. The molecule has 2 aliphatic rings. The van der Waals surface area contributed by atoms with E-state index < -0.39 is 0 Å². The number of hydrogen-bond donors (Lipinski definition) is 1. The smallest absolute Gasteiger partial charge is 0.257 e. The Morgan fingerprint density at radius 3 is 2.63 bits per heavy atom. The molecule has 1 aromatic heterocycles. The number of halogens is 1. The molecule has 2 amide bonds. The maximum absolute atomic E-state index is 13.5. The molecular formula is C23H21ClN4O2. The monoisotopic (exact) mass is 420 g/mol. The number of amides is 2. The van der Waals surface area contributed by atoms with Crippen molar-refractivity contribution >= 4 is 23.4 Å². The van der Waals surface area contributed by atoms with Gasteiger partial charge in [0.2, 0.25) is 5.91 Å². The molecular weight excluding hydrogens is 400 g/mol. The molecule has 0 saturated carbocycles. The molecule has 2 atom stereocenters. The first-order valence-electron chi connectivity index (χ1n) is 10.1. The summed E-state index contributed by atoms with van der Waals surface area (Å²) in [4.78, 5) is 27.1. The standard InChI is InChI=1S/C23H21ClN4O2/c24-17-8-6-15(7-9-17)22-19(14-28(26-22)18-4-2-1-3-5-18)23(30)27-11-10-20-16(13-27)12-21(29)25-20/h1-9,14,16,20H,10-13H2,(H,25,29)/t16-,20+/m1/s1. The van der Waals surface area contributed by atoms with E-state index in [1.165, 1.54) is 0 Å². The van der Waals surface area contributed by atoms with E-state index in [1.54, 1.807) is 23.0 Å². The van der Waals surface area contributed by atoms with E-state index in [2.05, 4.69) is 5.32 Å². The van der Waals surface area contributed by atoms with Crippen molar-refractivity contribution in [2.24, 2.45) is 5.92 Å². The van der Waals surface area contributed by atoms with Gasteiger partial charge in [0.1, 0.15) is 5.69 Å². The molecule has 152 valence electrons. The molecule has 3 aromatic rings. The van der Waals surface area contributed by atoms with Gasteiger partial charge in [-0.2, -0.15) is 5.10 Å². The predicted octanol–water partition coefficient (Wildman–Crippen LogP) is 3.54. The van der Waals surface area contributed by atoms with Gasteiger partial charge in [0, 0.05) is 48.3 Å². The second kappa shape index (κ2) is 7.61. The van der Waals surface area contributed by atoms with Crippen molar-refractivity contribution in [2.45, 2.75) is 18.9 Å². The van der Waals surface area contributed by atoms with E-state index in [0.29, 0.717) is 35.8 Å². The van der Waals surface area contributed by atoms with Gasteiger partial charge in [0.25, 0.3) is 5.91 Å². The fourth-order valence-corrected chi connectivity index (χ4v) is 4.48. The largest absolute Gasteiger partial charge is 0.353 e. The Bertz CT molecular complexity index is 1090. The molecule has 5 rings (SSSR count). The molecule has 0 aliphatic carbocycles. The lowest BCUT2D eigenvalue weighted by Crippen LogP contribution is -2.47. The zero-order valence-electron chi connectivity index (χ0n) is 16.3. The van der Waals surface area contributed by atoms with Gasteiger partial charge < -0.3 is 10.2 Å². The molecule has 2 aliphatic heterocycles. The number of nitrogens with zero attached hydrogens (tertiary/aromatic N) is 3. The summed E-state index contributed by atoms with van der Waals surface area (Å²) in [5.74, 6) is 0.205. The molecule has 6 nitrogen and oxygen atoms in total. The molecule has 0 spiro atoms. The minimum Gasteiger partial charge on any atom is -0.353 e. The number of benzene rings is 2. The molecule has 1 N–H and O–H groups in total. The summed E-state index contributed by atoms with van der Waals surface area (Å²) < 4.78 is 1.74. The number of likely N-dealkylation sites (tertiary alicyclic amines) is 1. The summed E-state index contributed by atoms with van der Waals surface area (Å²) in [6.07, 6.45) is 3.07. The molecule has 2 aromatic carbocycles. The van der Waals surface area contributed by atoms with Crippen LogP contribution in [0.1, 0.15) is 23.2 Å². The Hall–Kier alpha value is -3.12. The van der Waals surface area contributed by atoms with Crippen LogP contribution in [0.25, 0.3) is 16.9 Å². The average Bonchev–Trinajstić information content (AvgIpc) is 3.37. The summed E-state index contributed by atoms with van der Waals surface area (Å²) in [6, 6.07) is 17.3. The highest BCUT2D eigenvalue weighted by molar-refractivity contribution is 6.30. The van der Waals surface area contributed by atoms with Gasteiger partial charge in [-0.3, -0.25) is 9.59 Å². The minimum absolute atomic E-state index is 0.0556. The summed E-state index contributed by atoms with van der Waals surface area (Å²) in [5, 5.41) is 8.39. The van der Waals surface area contributed by atoms with Crippen molar-refractivity contribution in [1.29, 1.82) is 0 Å². The lowest BCUT2D eigenvalue weighted by atomic mass is 9.92. The van der Waals surface area contributed by atoms with Crippen LogP contribution in [-0.4, -0.2) is 45.6 Å². The van der Waals surface area contributed by atoms with Crippen LogP contribution in [0.4, 0.5) is 0 Å². The van der Waals surface area contributed by atoms with Crippen molar-refractivity contribution in [3.05, 3.63) is 71.4 Å². The topological polar surface area (TPSA) is 67.2 Å². The van der Waals surface area contributed by atoms with Crippen LogP contribution < -0.4 is 5.32 Å². The van der Waals surface area contributed by atoms with Crippen LogP contribution in [0.2, 0.25) is 5.02 Å². The molecule has 0 unspecified atom stereocenters. The Morgan fingerprint density at radius 2 is 1.87 bits per heavy atom. The number of carbonyl (C=O) groups is 2. The Labute approximate surface area is 179 Å². The fraction of sp³-hybridized carbons (Fsp3) is 0.261. The third-order valence-electron chi connectivity index (χ3n) is 5.90. The van der Waals surface area contributed by atoms with Crippen LogP contribution in [0.3, 0.4) is 0 Å². The van der Waals surface area contributed by atoms with Crippen LogP contribution in [-0.2, 0) is 4.79 Å². The second-order valence-corrected chi connectivity index (χ2v) is 8.29. The zero-order valence-corrected chi connectivity index (χ0v) is 17.0. The Kier molecular flexibility index (Phi) is 4.79. The van der Waals surface area contributed by atoms with E-state index in [9.17, 15) is 9.59 Å². The molecule has 0 radical (unpaired) electrons. The highest BCUT2D eigenvalue weighted by Crippen LogP contribution is 2.30. The highest BCUT2D eigenvalue weighted by atomic mass is 35.5. The number of fused-ring (bicyclic) bond motifs is 1. The van der Waals surface area contributed by atoms with Crippen molar-refractivity contribution in [2.75, 3.05) is 13.1 Å². The summed E-state index contributed by atoms with van der Waals surface area (Å²) in [5.41, 5.74) is 2.90. The fourth-order valence-electron chi connectivity index (χ4n) is 4.35. The van der Waals surface area contributed by atoms with Crippen LogP contribution in [0, 0.1) is 5.92 Å². The summed E-state index contributed by atoms with van der Waals surface area (Å²) in [6.45, 7) is 1.20. The highest BCUT2D eigenvalue weighted by Gasteiger charge is 2.39. The van der Waals surface area contributed by atoms with E-state index in [-0.39, 0.29) is 23.8 Å².